The molecule has 0 unspecified atom stereocenters. The summed E-state index contributed by atoms with van der Waals surface area (Å²) in [4.78, 5) is 29.0. The zero-order chi connectivity index (χ0) is 21.1. The highest BCUT2D eigenvalue weighted by Gasteiger charge is 2.26. The molecule has 30 heavy (non-hydrogen) atoms. The lowest BCUT2D eigenvalue weighted by atomic mass is 10.1. The molecule has 0 N–H and O–H groups in total. The number of benzene rings is 3. The molecule has 0 spiro atoms. The fourth-order valence-electron chi connectivity index (χ4n) is 2.74. The van der Waals surface area contributed by atoms with Crippen LogP contribution in [0, 0.1) is 0 Å². The number of ether oxygens (including phenoxy) is 2. The molecule has 3 aromatic carbocycles. The number of carbonyl (C=O) groups is 2. The van der Waals surface area contributed by atoms with Crippen LogP contribution in [0.15, 0.2) is 83.5 Å². The maximum atomic E-state index is 12.4. The molecule has 5 nitrogen and oxygen atoms in total. The van der Waals surface area contributed by atoms with Gasteiger partial charge in [-0.2, -0.15) is 0 Å². The van der Waals surface area contributed by atoms with E-state index in [9.17, 15) is 9.59 Å². The lowest BCUT2D eigenvalue weighted by molar-refractivity contribution is -0.129. The van der Waals surface area contributed by atoms with Crippen LogP contribution in [-0.4, -0.2) is 17.8 Å². The largest absolute Gasteiger partial charge is 0.422 e. The van der Waals surface area contributed by atoms with Gasteiger partial charge in [0.15, 0.2) is 5.70 Å². The molecule has 0 fully saturated rings. The van der Waals surface area contributed by atoms with Crippen molar-refractivity contribution in [3.05, 3.63) is 105 Å². The molecule has 0 bridgehead atoms. The highest BCUT2D eigenvalue weighted by atomic mass is 35.5. The number of nitrogens with zero attached hydrogens (tertiary/aromatic N) is 1. The first-order chi connectivity index (χ1) is 14.5. The molecule has 0 saturated heterocycles. The molecule has 3 aromatic rings. The molecule has 1 aliphatic rings. The van der Waals surface area contributed by atoms with E-state index in [0.29, 0.717) is 26.7 Å². The Labute approximate surface area is 182 Å². The molecular formula is C23H13Cl2NO4. The molecule has 1 aliphatic heterocycles. The minimum atomic E-state index is -0.622. The first kappa shape index (κ1) is 19.9. The molecule has 0 aliphatic carbocycles. The zero-order valence-electron chi connectivity index (χ0n) is 15.3. The highest BCUT2D eigenvalue weighted by molar-refractivity contribution is 6.34. The topological polar surface area (TPSA) is 65.0 Å². The average molecular weight is 438 g/mol. The van der Waals surface area contributed by atoms with Gasteiger partial charge in [-0.15, -0.1) is 0 Å². The number of esters is 2. The number of hydrogen-bond acceptors (Lipinski definition) is 5. The number of carbonyl (C=O) groups excluding carboxylic acids is 2. The molecule has 0 aromatic heterocycles. The minimum absolute atomic E-state index is 0.0694. The molecular weight excluding hydrogens is 425 g/mol. The Hall–Kier alpha value is -3.41. The van der Waals surface area contributed by atoms with E-state index in [1.807, 2.05) is 0 Å². The van der Waals surface area contributed by atoms with Crippen molar-refractivity contribution in [3.8, 4) is 5.75 Å². The van der Waals surface area contributed by atoms with Crippen molar-refractivity contribution in [1.29, 1.82) is 0 Å². The van der Waals surface area contributed by atoms with Crippen molar-refractivity contribution in [2.45, 2.75) is 0 Å². The van der Waals surface area contributed by atoms with E-state index in [4.69, 9.17) is 32.7 Å². The van der Waals surface area contributed by atoms with Crippen LogP contribution in [0.25, 0.3) is 6.08 Å². The van der Waals surface area contributed by atoms with Gasteiger partial charge in [0.2, 0.25) is 5.90 Å². The van der Waals surface area contributed by atoms with Crippen LogP contribution in [-0.2, 0) is 9.53 Å². The second kappa shape index (κ2) is 8.53. The predicted octanol–water partition coefficient (Wildman–Crippen LogP) is 5.56. The maximum Gasteiger partial charge on any atom is 0.363 e. The Morgan fingerprint density at radius 2 is 1.63 bits per heavy atom. The summed E-state index contributed by atoms with van der Waals surface area (Å²) in [6, 6.07) is 20.1. The maximum absolute atomic E-state index is 12.4. The lowest BCUT2D eigenvalue weighted by Gasteiger charge is -2.07. The van der Waals surface area contributed by atoms with Crippen LogP contribution in [0.2, 0.25) is 10.0 Å². The van der Waals surface area contributed by atoms with Crippen LogP contribution in [0.1, 0.15) is 21.5 Å². The fraction of sp³-hybridized carbons (Fsp3) is 0. The first-order valence-electron chi connectivity index (χ1n) is 8.85. The Kier molecular flexibility index (Phi) is 5.65. The van der Waals surface area contributed by atoms with Crippen molar-refractivity contribution < 1.29 is 19.1 Å². The van der Waals surface area contributed by atoms with Crippen LogP contribution < -0.4 is 4.74 Å². The van der Waals surface area contributed by atoms with Gasteiger partial charge in [-0.3, -0.25) is 0 Å². The molecule has 1 heterocycles. The van der Waals surface area contributed by atoms with Crippen molar-refractivity contribution in [3.63, 3.8) is 0 Å². The van der Waals surface area contributed by atoms with E-state index >= 15 is 0 Å². The van der Waals surface area contributed by atoms with Gasteiger partial charge >= 0.3 is 11.9 Å². The van der Waals surface area contributed by atoms with Gasteiger partial charge in [-0.1, -0.05) is 53.5 Å². The average Bonchev–Trinajstić information content (AvgIpc) is 3.10. The Morgan fingerprint density at radius 1 is 0.933 bits per heavy atom. The predicted molar refractivity (Wildman–Crippen MR) is 115 cm³/mol. The fourth-order valence-corrected chi connectivity index (χ4v) is 3.09. The monoisotopic (exact) mass is 437 g/mol. The lowest BCUT2D eigenvalue weighted by Crippen LogP contribution is -2.09. The normalized spacial score (nSPS) is 14.4. The summed E-state index contributed by atoms with van der Waals surface area (Å²) in [6.45, 7) is 0. The third kappa shape index (κ3) is 4.27. The molecule has 0 atom stereocenters. The van der Waals surface area contributed by atoms with E-state index in [1.165, 1.54) is 6.08 Å². The van der Waals surface area contributed by atoms with E-state index < -0.39 is 11.9 Å². The highest BCUT2D eigenvalue weighted by Crippen LogP contribution is 2.27. The van der Waals surface area contributed by atoms with Gasteiger partial charge in [0.25, 0.3) is 0 Å². The third-order valence-corrected chi connectivity index (χ3v) is 4.80. The number of para-hydroxylation sites is 1. The number of cyclic esters (lactones) is 1. The standard InChI is InChI=1S/C23H13Cl2NO4/c24-16-11-9-14(10-12-16)22(27)29-20-8-4-1-5-15(20)13-19-23(28)30-21(26-19)17-6-2-3-7-18(17)25/h1-13H/b19-13+. The second-order valence-electron chi connectivity index (χ2n) is 6.25. The first-order valence-corrected chi connectivity index (χ1v) is 9.61. The van der Waals surface area contributed by atoms with Crippen LogP contribution in [0.5, 0.6) is 5.75 Å². The van der Waals surface area contributed by atoms with E-state index in [2.05, 4.69) is 4.99 Å². The SMILES string of the molecule is O=C1OC(c2ccccc2Cl)=N/C1=C/c1ccccc1OC(=O)c1ccc(Cl)cc1. The zero-order valence-corrected chi connectivity index (χ0v) is 16.9. The number of rotatable bonds is 4. The van der Waals surface area contributed by atoms with Gasteiger partial charge in [-0.05, 0) is 48.5 Å². The van der Waals surface area contributed by atoms with Crippen molar-refractivity contribution in [2.24, 2.45) is 4.99 Å². The quantitative estimate of drug-likeness (QED) is 0.304. The van der Waals surface area contributed by atoms with Gasteiger partial charge in [0.1, 0.15) is 5.75 Å². The molecule has 148 valence electrons. The molecule has 4 rings (SSSR count). The number of hydrogen-bond donors (Lipinski definition) is 0. The van der Waals surface area contributed by atoms with Crippen molar-refractivity contribution in [2.75, 3.05) is 0 Å². The van der Waals surface area contributed by atoms with Crippen molar-refractivity contribution >= 4 is 47.1 Å². The minimum Gasteiger partial charge on any atom is -0.422 e. The molecule has 7 heteroatoms. The summed E-state index contributed by atoms with van der Waals surface area (Å²) in [5, 5.41) is 0.936. The van der Waals surface area contributed by atoms with E-state index in [1.54, 1.807) is 72.8 Å². The smallest absolute Gasteiger partial charge is 0.363 e. The third-order valence-electron chi connectivity index (χ3n) is 4.22. The van der Waals surface area contributed by atoms with Crippen molar-refractivity contribution in [1.82, 2.24) is 0 Å². The summed E-state index contributed by atoms with van der Waals surface area (Å²) in [6.07, 6.45) is 1.50. The Morgan fingerprint density at radius 3 is 2.40 bits per heavy atom. The van der Waals surface area contributed by atoms with Crippen LogP contribution in [0.3, 0.4) is 0 Å². The Bertz CT molecular complexity index is 1200. The van der Waals surface area contributed by atoms with Gasteiger partial charge < -0.3 is 9.47 Å². The van der Waals surface area contributed by atoms with Crippen LogP contribution in [0.4, 0.5) is 0 Å². The van der Waals surface area contributed by atoms with Gasteiger partial charge in [0.05, 0.1) is 16.1 Å². The number of halogens is 2. The van der Waals surface area contributed by atoms with Gasteiger partial charge in [-0.25, -0.2) is 14.6 Å². The summed E-state index contributed by atoms with van der Waals surface area (Å²) in [7, 11) is 0. The molecule has 0 radical (unpaired) electrons. The second-order valence-corrected chi connectivity index (χ2v) is 7.09. The summed E-state index contributed by atoms with van der Waals surface area (Å²) >= 11 is 12.0. The van der Waals surface area contributed by atoms with E-state index in [-0.39, 0.29) is 17.3 Å². The summed E-state index contributed by atoms with van der Waals surface area (Å²) in [5.74, 6) is -0.776. The van der Waals surface area contributed by atoms with Gasteiger partial charge in [0, 0.05) is 10.6 Å². The summed E-state index contributed by atoms with van der Waals surface area (Å²) < 4.78 is 10.8. The number of aliphatic imine (C=N–C) groups is 1. The molecule has 0 amide bonds. The van der Waals surface area contributed by atoms with Crippen LogP contribution >= 0.6 is 23.2 Å². The summed E-state index contributed by atoms with van der Waals surface area (Å²) in [5.41, 5.74) is 1.43. The molecule has 0 saturated carbocycles. The Balaban J connectivity index is 1.63. The van der Waals surface area contributed by atoms with E-state index in [0.717, 1.165) is 0 Å².